The lowest BCUT2D eigenvalue weighted by Crippen LogP contribution is -2.48. The molecule has 1 aromatic carbocycles. The molecule has 3 rings (SSSR count). The zero-order valence-corrected chi connectivity index (χ0v) is 13.8. The summed E-state index contributed by atoms with van der Waals surface area (Å²) in [5.41, 5.74) is 1.05. The van der Waals surface area contributed by atoms with Crippen LogP contribution < -0.4 is 0 Å². The lowest BCUT2D eigenvalue weighted by Gasteiger charge is -2.32. The average molecular weight is 351 g/mol. The molecule has 1 saturated heterocycles. The van der Waals surface area contributed by atoms with Gasteiger partial charge in [-0.15, -0.1) is 11.3 Å². The van der Waals surface area contributed by atoms with Crippen LogP contribution in [0.3, 0.4) is 0 Å². The van der Waals surface area contributed by atoms with Crippen molar-refractivity contribution in [3.63, 3.8) is 0 Å². The lowest BCUT2D eigenvalue weighted by atomic mass is 10.0. The fourth-order valence-electron chi connectivity index (χ4n) is 2.71. The van der Waals surface area contributed by atoms with Gasteiger partial charge in [-0.05, 0) is 25.3 Å². The Bertz CT molecular complexity index is 746. The second-order valence-corrected chi connectivity index (χ2v) is 6.63. The van der Waals surface area contributed by atoms with Crippen LogP contribution in [0.25, 0.3) is 10.6 Å². The predicted molar refractivity (Wildman–Crippen MR) is 88.9 cm³/mol. The van der Waals surface area contributed by atoms with Crippen molar-refractivity contribution in [1.29, 1.82) is 0 Å². The highest BCUT2D eigenvalue weighted by Crippen LogP contribution is 2.31. The highest BCUT2D eigenvalue weighted by molar-refractivity contribution is 7.13. The van der Waals surface area contributed by atoms with Crippen molar-refractivity contribution in [1.82, 2.24) is 9.88 Å². The maximum absolute atomic E-state index is 12.6. The summed E-state index contributed by atoms with van der Waals surface area (Å²) in [6.07, 6.45) is 2.13. The van der Waals surface area contributed by atoms with Crippen LogP contribution in [0.5, 0.6) is 0 Å². The summed E-state index contributed by atoms with van der Waals surface area (Å²) in [5, 5.41) is 12.2. The fourth-order valence-corrected chi connectivity index (χ4v) is 3.82. The lowest BCUT2D eigenvalue weighted by molar-refractivity contribution is -0.143. The quantitative estimate of drug-likeness (QED) is 0.919. The van der Waals surface area contributed by atoms with E-state index in [1.54, 1.807) is 11.4 Å². The van der Waals surface area contributed by atoms with Gasteiger partial charge in [0.25, 0.3) is 5.91 Å². The molecule has 5 nitrogen and oxygen atoms in total. The van der Waals surface area contributed by atoms with Crippen molar-refractivity contribution < 1.29 is 14.7 Å². The highest BCUT2D eigenvalue weighted by Gasteiger charge is 2.33. The number of hydrogen-bond acceptors (Lipinski definition) is 4. The zero-order chi connectivity index (χ0) is 16.4. The number of rotatable bonds is 3. The van der Waals surface area contributed by atoms with Gasteiger partial charge >= 0.3 is 5.97 Å². The number of aliphatic carboxylic acids is 1. The molecule has 0 radical (unpaired) electrons. The number of carboxylic acids is 1. The summed E-state index contributed by atoms with van der Waals surface area (Å²) < 4.78 is 0. The molecule has 0 bridgehead atoms. The maximum atomic E-state index is 12.6. The van der Waals surface area contributed by atoms with Crippen molar-refractivity contribution >= 4 is 34.8 Å². The van der Waals surface area contributed by atoms with Crippen LogP contribution >= 0.6 is 22.9 Å². The number of carboxylic acid groups (broad SMARTS) is 1. The number of piperidine rings is 1. The summed E-state index contributed by atoms with van der Waals surface area (Å²) in [5.74, 6) is -1.29. The van der Waals surface area contributed by atoms with E-state index in [2.05, 4.69) is 4.98 Å². The van der Waals surface area contributed by atoms with Crippen LogP contribution in [0.1, 0.15) is 29.8 Å². The topological polar surface area (TPSA) is 70.5 Å². The van der Waals surface area contributed by atoms with Gasteiger partial charge in [-0.1, -0.05) is 29.8 Å². The molecule has 1 aliphatic heterocycles. The second kappa shape index (κ2) is 6.68. The average Bonchev–Trinajstić information content (AvgIpc) is 3.04. The van der Waals surface area contributed by atoms with Gasteiger partial charge in [0, 0.05) is 17.5 Å². The summed E-state index contributed by atoms with van der Waals surface area (Å²) in [6.45, 7) is 0.453. The van der Waals surface area contributed by atoms with E-state index in [1.165, 1.54) is 16.2 Å². The van der Waals surface area contributed by atoms with Gasteiger partial charge in [0.1, 0.15) is 16.7 Å². The van der Waals surface area contributed by atoms with Crippen LogP contribution in [0.15, 0.2) is 29.6 Å². The summed E-state index contributed by atoms with van der Waals surface area (Å²) >= 11 is 7.48. The Morgan fingerprint density at radius 3 is 2.83 bits per heavy atom. The number of thiazole rings is 1. The summed E-state index contributed by atoms with van der Waals surface area (Å²) in [6, 6.07) is 6.54. The van der Waals surface area contributed by atoms with Crippen LogP contribution in [-0.4, -0.2) is 39.5 Å². The number of nitrogens with zero attached hydrogens (tertiary/aromatic N) is 2. The molecule has 1 aliphatic rings. The van der Waals surface area contributed by atoms with E-state index in [0.29, 0.717) is 23.0 Å². The molecule has 1 fully saturated rings. The number of amides is 1. The molecule has 1 aromatic heterocycles. The van der Waals surface area contributed by atoms with E-state index >= 15 is 0 Å². The normalized spacial score (nSPS) is 18.0. The number of likely N-dealkylation sites (tertiary alicyclic amines) is 1. The molecule has 7 heteroatoms. The Hall–Kier alpha value is -1.92. The van der Waals surface area contributed by atoms with E-state index in [4.69, 9.17) is 11.6 Å². The first-order valence-electron chi connectivity index (χ1n) is 7.32. The van der Waals surface area contributed by atoms with Crippen LogP contribution in [0.2, 0.25) is 5.02 Å². The van der Waals surface area contributed by atoms with E-state index in [0.717, 1.165) is 18.4 Å². The number of halogens is 1. The molecule has 0 saturated carbocycles. The smallest absolute Gasteiger partial charge is 0.326 e. The molecule has 1 N–H and O–H groups in total. The van der Waals surface area contributed by atoms with Crippen LogP contribution in [0.4, 0.5) is 0 Å². The summed E-state index contributed by atoms with van der Waals surface area (Å²) in [7, 11) is 0. The molecule has 1 amide bonds. The van der Waals surface area contributed by atoms with E-state index in [1.807, 2.05) is 18.2 Å². The van der Waals surface area contributed by atoms with Gasteiger partial charge in [0.2, 0.25) is 0 Å². The van der Waals surface area contributed by atoms with Crippen LogP contribution in [-0.2, 0) is 4.79 Å². The van der Waals surface area contributed by atoms with Gasteiger partial charge in [-0.25, -0.2) is 9.78 Å². The number of carbonyl (C=O) groups excluding carboxylic acids is 1. The largest absolute Gasteiger partial charge is 0.480 e. The van der Waals surface area contributed by atoms with Crippen molar-refractivity contribution in [2.24, 2.45) is 0 Å². The molecule has 1 atom stereocenters. The molecule has 2 aromatic rings. The van der Waals surface area contributed by atoms with Gasteiger partial charge in [0.15, 0.2) is 0 Å². The Morgan fingerprint density at radius 2 is 2.09 bits per heavy atom. The third-order valence-electron chi connectivity index (χ3n) is 3.88. The molecule has 120 valence electrons. The van der Waals surface area contributed by atoms with Gasteiger partial charge in [-0.3, -0.25) is 4.79 Å². The standard InChI is InChI=1S/C16H15ClN2O3S/c17-11-6-2-1-5-10(11)14-18-12(9-23-14)15(20)19-8-4-3-7-13(19)16(21)22/h1-2,5-6,9,13H,3-4,7-8H2,(H,21,22). The monoisotopic (exact) mass is 350 g/mol. The molecular weight excluding hydrogens is 336 g/mol. The highest BCUT2D eigenvalue weighted by atomic mass is 35.5. The molecule has 2 heterocycles. The van der Waals surface area contributed by atoms with E-state index in [9.17, 15) is 14.7 Å². The van der Waals surface area contributed by atoms with Crippen molar-refractivity contribution in [3.05, 3.63) is 40.4 Å². The first-order chi connectivity index (χ1) is 11.1. The van der Waals surface area contributed by atoms with Crippen LogP contribution in [0, 0.1) is 0 Å². The Morgan fingerprint density at radius 1 is 1.30 bits per heavy atom. The van der Waals surface area contributed by atoms with Crippen molar-refractivity contribution in [2.45, 2.75) is 25.3 Å². The molecule has 1 unspecified atom stereocenters. The number of carbonyl (C=O) groups is 2. The third-order valence-corrected chi connectivity index (χ3v) is 5.08. The zero-order valence-electron chi connectivity index (χ0n) is 12.2. The van der Waals surface area contributed by atoms with E-state index < -0.39 is 12.0 Å². The number of benzene rings is 1. The SMILES string of the molecule is O=C(O)C1CCCCN1C(=O)c1csc(-c2ccccc2Cl)n1. The predicted octanol–water partition coefficient (Wildman–Crippen LogP) is 3.54. The minimum absolute atomic E-state index is 0.276. The first-order valence-corrected chi connectivity index (χ1v) is 8.58. The van der Waals surface area contributed by atoms with E-state index in [-0.39, 0.29) is 11.6 Å². The van der Waals surface area contributed by atoms with Crippen molar-refractivity contribution in [2.75, 3.05) is 6.54 Å². The molecule has 0 spiro atoms. The fraction of sp³-hybridized carbons (Fsp3) is 0.312. The number of hydrogen-bond donors (Lipinski definition) is 1. The third kappa shape index (κ3) is 3.23. The molecule has 23 heavy (non-hydrogen) atoms. The molecular formula is C16H15ClN2O3S. The second-order valence-electron chi connectivity index (χ2n) is 5.37. The first kappa shape index (κ1) is 16.0. The summed E-state index contributed by atoms with van der Waals surface area (Å²) in [4.78, 5) is 29.7. The minimum atomic E-state index is -0.959. The molecule has 0 aliphatic carbocycles. The van der Waals surface area contributed by atoms with Gasteiger partial charge in [0.05, 0.1) is 5.02 Å². The minimum Gasteiger partial charge on any atom is -0.480 e. The van der Waals surface area contributed by atoms with Gasteiger partial charge in [-0.2, -0.15) is 0 Å². The number of aromatic nitrogens is 1. The van der Waals surface area contributed by atoms with Gasteiger partial charge < -0.3 is 10.0 Å². The Kier molecular flexibility index (Phi) is 4.63. The van der Waals surface area contributed by atoms with Crippen molar-refractivity contribution in [3.8, 4) is 10.6 Å². The Balaban J connectivity index is 1.86. The maximum Gasteiger partial charge on any atom is 0.326 e. The Labute approximate surface area is 142 Å².